The number of β-amino-alcohol motifs (C(OH)–C–C–N with tert-alkyl or cyclic N) is 1. The molecule has 0 aromatic heterocycles. The van der Waals surface area contributed by atoms with Crippen LogP contribution in [-0.4, -0.2) is 47.1 Å². The maximum atomic E-state index is 11.9. The summed E-state index contributed by atoms with van der Waals surface area (Å²) in [6, 6.07) is 6.56. The van der Waals surface area contributed by atoms with Gasteiger partial charge in [-0.05, 0) is 25.5 Å². The number of halogens is 1. The standard InChI is InChI=1S/C14H17ClN2O3/c1-14(20)6-7-17(9-14)8-12(18)16-13(19)10-4-2-3-5-11(10)15/h2-5,20H,6-9H2,1H3,(H,16,18,19). The quantitative estimate of drug-likeness (QED) is 0.875. The van der Waals surface area contributed by atoms with Gasteiger partial charge in [0, 0.05) is 13.1 Å². The highest BCUT2D eigenvalue weighted by Gasteiger charge is 2.32. The van der Waals surface area contributed by atoms with Crippen LogP contribution in [0.25, 0.3) is 0 Å². The minimum Gasteiger partial charge on any atom is -0.389 e. The predicted molar refractivity (Wildman–Crippen MR) is 75.6 cm³/mol. The van der Waals surface area contributed by atoms with E-state index in [1.807, 2.05) is 4.90 Å². The van der Waals surface area contributed by atoms with Gasteiger partial charge in [-0.3, -0.25) is 19.8 Å². The van der Waals surface area contributed by atoms with Crippen LogP contribution in [0.1, 0.15) is 23.7 Å². The van der Waals surface area contributed by atoms with Crippen molar-refractivity contribution >= 4 is 23.4 Å². The van der Waals surface area contributed by atoms with Crippen LogP contribution in [0.3, 0.4) is 0 Å². The molecule has 108 valence electrons. The van der Waals surface area contributed by atoms with E-state index in [4.69, 9.17) is 11.6 Å². The van der Waals surface area contributed by atoms with Gasteiger partial charge >= 0.3 is 0 Å². The highest BCUT2D eigenvalue weighted by Crippen LogP contribution is 2.19. The third-order valence-corrected chi connectivity index (χ3v) is 3.60. The second kappa shape index (κ2) is 5.91. The van der Waals surface area contributed by atoms with E-state index in [9.17, 15) is 14.7 Å². The van der Waals surface area contributed by atoms with Crippen LogP contribution in [0.15, 0.2) is 24.3 Å². The van der Waals surface area contributed by atoms with Crippen molar-refractivity contribution in [3.8, 4) is 0 Å². The average Bonchev–Trinajstić information content (AvgIpc) is 2.68. The molecular formula is C14H17ClN2O3. The number of likely N-dealkylation sites (tertiary alicyclic amines) is 1. The summed E-state index contributed by atoms with van der Waals surface area (Å²) < 4.78 is 0. The van der Waals surface area contributed by atoms with Crippen molar-refractivity contribution in [3.63, 3.8) is 0 Å². The Hall–Kier alpha value is -1.43. The van der Waals surface area contributed by atoms with Crippen LogP contribution in [0.2, 0.25) is 5.02 Å². The van der Waals surface area contributed by atoms with E-state index in [2.05, 4.69) is 5.32 Å². The molecule has 1 aromatic rings. The van der Waals surface area contributed by atoms with Crippen LogP contribution in [0, 0.1) is 0 Å². The molecule has 1 atom stereocenters. The number of carbonyl (C=O) groups excluding carboxylic acids is 2. The number of hydrogen-bond donors (Lipinski definition) is 2. The molecule has 0 radical (unpaired) electrons. The Bertz CT molecular complexity index is 531. The van der Waals surface area contributed by atoms with Crippen molar-refractivity contribution in [2.24, 2.45) is 0 Å². The van der Waals surface area contributed by atoms with E-state index in [-0.39, 0.29) is 12.1 Å². The van der Waals surface area contributed by atoms with Crippen LogP contribution < -0.4 is 5.32 Å². The second-order valence-electron chi connectivity index (χ2n) is 5.31. The van der Waals surface area contributed by atoms with Gasteiger partial charge in [-0.15, -0.1) is 0 Å². The lowest BCUT2D eigenvalue weighted by Crippen LogP contribution is -2.40. The SMILES string of the molecule is CC1(O)CCN(CC(=O)NC(=O)c2ccccc2Cl)C1. The van der Waals surface area contributed by atoms with Gasteiger partial charge in [-0.25, -0.2) is 0 Å². The number of hydrogen-bond acceptors (Lipinski definition) is 4. The van der Waals surface area contributed by atoms with E-state index in [1.54, 1.807) is 31.2 Å². The fourth-order valence-electron chi connectivity index (χ4n) is 2.26. The van der Waals surface area contributed by atoms with Crippen molar-refractivity contribution in [1.29, 1.82) is 0 Å². The Balaban J connectivity index is 1.89. The number of rotatable bonds is 3. The molecule has 6 heteroatoms. The number of carbonyl (C=O) groups is 2. The topological polar surface area (TPSA) is 69.6 Å². The highest BCUT2D eigenvalue weighted by molar-refractivity contribution is 6.34. The summed E-state index contributed by atoms with van der Waals surface area (Å²) in [5, 5.41) is 12.4. The Morgan fingerprint density at radius 2 is 2.15 bits per heavy atom. The maximum Gasteiger partial charge on any atom is 0.259 e. The smallest absolute Gasteiger partial charge is 0.259 e. The zero-order valence-electron chi connectivity index (χ0n) is 11.2. The molecule has 0 spiro atoms. The van der Waals surface area contributed by atoms with Gasteiger partial charge in [0.05, 0.1) is 22.7 Å². The molecule has 0 bridgehead atoms. The lowest BCUT2D eigenvalue weighted by Gasteiger charge is -2.18. The van der Waals surface area contributed by atoms with Crippen LogP contribution >= 0.6 is 11.6 Å². The molecule has 5 nitrogen and oxygen atoms in total. The fraction of sp³-hybridized carbons (Fsp3) is 0.429. The molecule has 1 aromatic carbocycles. The molecule has 2 rings (SSSR count). The first-order chi connectivity index (χ1) is 9.37. The summed E-state index contributed by atoms with van der Waals surface area (Å²) in [6.45, 7) is 2.90. The molecule has 0 saturated carbocycles. The second-order valence-corrected chi connectivity index (χ2v) is 5.72. The number of nitrogens with zero attached hydrogens (tertiary/aromatic N) is 1. The zero-order chi connectivity index (χ0) is 14.8. The van der Waals surface area contributed by atoms with E-state index in [0.717, 1.165) is 0 Å². The van der Waals surface area contributed by atoms with Crippen molar-refractivity contribution in [2.45, 2.75) is 18.9 Å². The first-order valence-corrected chi connectivity index (χ1v) is 6.79. The van der Waals surface area contributed by atoms with Crippen LogP contribution in [0.5, 0.6) is 0 Å². The van der Waals surface area contributed by atoms with E-state index in [1.165, 1.54) is 0 Å². The Kier molecular flexibility index (Phi) is 4.42. The highest BCUT2D eigenvalue weighted by atomic mass is 35.5. The van der Waals surface area contributed by atoms with Gasteiger partial charge < -0.3 is 5.11 Å². The summed E-state index contributed by atoms with van der Waals surface area (Å²) in [5.74, 6) is -0.904. The molecule has 1 aliphatic heterocycles. The average molecular weight is 297 g/mol. The minimum atomic E-state index is -0.757. The molecule has 2 N–H and O–H groups in total. The van der Waals surface area contributed by atoms with E-state index >= 15 is 0 Å². The molecule has 2 amide bonds. The molecule has 1 heterocycles. The lowest BCUT2D eigenvalue weighted by atomic mass is 10.1. The third-order valence-electron chi connectivity index (χ3n) is 3.27. The summed E-state index contributed by atoms with van der Waals surface area (Å²) in [4.78, 5) is 25.5. The minimum absolute atomic E-state index is 0.0896. The molecule has 0 aliphatic carbocycles. The van der Waals surface area contributed by atoms with Crippen molar-refractivity contribution in [3.05, 3.63) is 34.9 Å². The van der Waals surface area contributed by atoms with Gasteiger partial charge in [0.25, 0.3) is 5.91 Å². The number of amides is 2. The van der Waals surface area contributed by atoms with Crippen molar-refractivity contribution in [2.75, 3.05) is 19.6 Å². The van der Waals surface area contributed by atoms with E-state index in [0.29, 0.717) is 24.5 Å². The van der Waals surface area contributed by atoms with Crippen LogP contribution in [0.4, 0.5) is 0 Å². The van der Waals surface area contributed by atoms with Crippen LogP contribution in [-0.2, 0) is 4.79 Å². The molecule has 1 aliphatic rings. The van der Waals surface area contributed by atoms with Gasteiger partial charge in [-0.2, -0.15) is 0 Å². The van der Waals surface area contributed by atoms with Crippen molar-refractivity contribution < 1.29 is 14.7 Å². The third kappa shape index (κ3) is 3.79. The lowest BCUT2D eigenvalue weighted by molar-refractivity contribution is -0.121. The number of nitrogens with one attached hydrogen (secondary N) is 1. The van der Waals surface area contributed by atoms with Crippen molar-refractivity contribution in [1.82, 2.24) is 10.2 Å². The summed E-state index contributed by atoms with van der Waals surface area (Å²) >= 11 is 5.89. The van der Waals surface area contributed by atoms with Gasteiger partial charge in [0.1, 0.15) is 0 Å². The van der Waals surface area contributed by atoms with E-state index < -0.39 is 17.4 Å². The number of benzene rings is 1. The molecule has 20 heavy (non-hydrogen) atoms. The first kappa shape index (κ1) is 15.0. The Morgan fingerprint density at radius 3 is 2.75 bits per heavy atom. The normalized spacial score (nSPS) is 22.8. The fourth-order valence-corrected chi connectivity index (χ4v) is 2.48. The van der Waals surface area contributed by atoms with Gasteiger partial charge in [-0.1, -0.05) is 23.7 Å². The number of imide groups is 1. The summed E-state index contributed by atoms with van der Waals surface area (Å²) in [6.07, 6.45) is 0.624. The summed E-state index contributed by atoms with van der Waals surface area (Å²) in [5.41, 5.74) is -0.483. The zero-order valence-corrected chi connectivity index (χ0v) is 12.0. The molecular weight excluding hydrogens is 280 g/mol. The monoisotopic (exact) mass is 296 g/mol. The van der Waals surface area contributed by atoms with Gasteiger partial charge in [0.2, 0.25) is 5.91 Å². The molecule has 1 unspecified atom stereocenters. The maximum absolute atomic E-state index is 11.9. The summed E-state index contributed by atoms with van der Waals surface area (Å²) in [7, 11) is 0. The Labute approximate surface area is 122 Å². The van der Waals surface area contributed by atoms with Gasteiger partial charge in [0.15, 0.2) is 0 Å². The number of aliphatic hydroxyl groups is 1. The first-order valence-electron chi connectivity index (χ1n) is 6.41. The predicted octanol–water partition coefficient (Wildman–Crippen LogP) is 1.05. The molecule has 1 fully saturated rings. The Morgan fingerprint density at radius 1 is 1.45 bits per heavy atom. The largest absolute Gasteiger partial charge is 0.389 e. The molecule has 1 saturated heterocycles.